The molecule has 28 heavy (non-hydrogen) atoms. The molecular formula is C19H23N3O5S. The van der Waals surface area contributed by atoms with Crippen LogP contribution in [0.5, 0.6) is 0 Å². The highest BCUT2D eigenvalue weighted by Gasteiger charge is 2.29. The van der Waals surface area contributed by atoms with Gasteiger partial charge in [-0.05, 0) is 17.7 Å². The standard InChI is InChI=1S/C19H23N3O5S/c1-20-9-5-8-17(20)19(24)27-14-18(23)21-10-12-22(13-11-21)28(25,26)15-16-6-3-2-4-7-16/h2-9H,10-15H2,1H3. The fourth-order valence-corrected chi connectivity index (χ4v) is 4.57. The second-order valence-corrected chi connectivity index (χ2v) is 8.57. The molecule has 1 aliphatic heterocycles. The number of carbonyl (C=O) groups excluding carboxylic acids is 2. The summed E-state index contributed by atoms with van der Waals surface area (Å²) < 4.78 is 33.2. The van der Waals surface area contributed by atoms with Gasteiger partial charge in [0.05, 0.1) is 5.75 Å². The molecule has 0 radical (unpaired) electrons. The zero-order valence-corrected chi connectivity index (χ0v) is 16.5. The minimum Gasteiger partial charge on any atom is -0.451 e. The van der Waals surface area contributed by atoms with Crippen molar-refractivity contribution >= 4 is 21.9 Å². The lowest BCUT2D eigenvalue weighted by Crippen LogP contribution is -2.51. The molecule has 1 fully saturated rings. The molecule has 1 amide bonds. The lowest BCUT2D eigenvalue weighted by atomic mass is 10.2. The quantitative estimate of drug-likeness (QED) is 0.665. The third-order valence-corrected chi connectivity index (χ3v) is 6.51. The van der Waals surface area contributed by atoms with Crippen LogP contribution in [0.25, 0.3) is 0 Å². The smallest absolute Gasteiger partial charge is 0.355 e. The number of hydrogen-bond donors (Lipinski definition) is 0. The van der Waals surface area contributed by atoms with Crippen molar-refractivity contribution in [2.45, 2.75) is 5.75 Å². The number of sulfonamides is 1. The van der Waals surface area contributed by atoms with Crippen molar-refractivity contribution < 1.29 is 22.7 Å². The molecule has 1 aromatic carbocycles. The third kappa shape index (κ3) is 4.79. The van der Waals surface area contributed by atoms with Crippen molar-refractivity contribution in [2.24, 2.45) is 7.05 Å². The van der Waals surface area contributed by atoms with E-state index in [2.05, 4.69) is 0 Å². The van der Waals surface area contributed by atoms with Crippen LogP contribution < -0.4 is 0 Å². The summed E-state index contributed by atoms with van der Waals surface area (Å²) in [4.78, 5) is 25.8. The van der Waals surface area contributed by atoms with E-state index in [9.17, 15) is 18.0 Å². The Kier molecular flexibility index (Phi) is 6.15. The van der Waals surface area contributed by atoms with Crippen LogP contribution in [0, 0.1) is 0 Å². The van der Waals surface area contributed by atoms with Gasteiger partial charge in [0.15, 0.2) is 6.61 Å². The number of esters is 1. The van der Waals surface area contributed by atoms with E-state index in [1.807, 2.05) is 6.07 Å². The van der Waals surface area contributed by atoms with E-state index in [1.54, 1.807) is 54.2 Å². The Bertz CT molecular complexity index is 931. The maximum Gasteiger partial charge on any atom is 0.355 e. The minimum atomic E-state index is -3.44. The summed E-state index contributed by atoms with van der Waals surface area (Å²) in [6.45, 7) is 0.642. The fourth-order valence-electron chi connectivity index (χ4n) is 3.06. The number of hydrogen-bond acceptors (Lipinski definition) is 5. The van der Waals surface area contributed by atoms with E-state index in [0.29, 0.717) is 5.69 Å². The van der Waals surface area contributed by atoms with Crippen molar-refractivity contribution in [3.8, 4) is 0 Å². The maximum atomic E-state index is 12.6. The molecule has 1 aliphatic rings. The number of rotatable bonds is 6. The Hall–Kier alpha value is -2.65. The predicted octanol–water partition coefficient (Wildman–Crippen LogP) is 0.856. The van der Waals surface area contributed by atoms with E-state index in [1.165, 1.54) is 9.21 Å². The van der Waals surface area contributed by atoms with E-state index < -0.39 is 16.0 Å². The van der Waals surface area contributed by atoms with E-state index in [-0.39, 0.29) is 44.4 Å². The third-order valence-electron chi connectivity index (χ3n) is 4.66. The van der Waals surface area contributed by atoms with Gasteiger partial charge in [0.1, 0.15) is 5.69 Å². The molecule has 0 unspecified atom stereocenters. The van der Waals surface area contributed by atoms with Gasteiger partial charge in [-0.3, -0.25) is 4.79 Å². The molecular weight excluding hydrogens is 382 g/mol. The number of ether oxygens (including phenoxy) is 1. The first-order chi connectivity index (χ1) is 13.4. The van der Waals surface area contributed by atoms with Gasteiger partial charge in [-0.2, -0.15) is 4.31 Å². The highest BCUT2D eigenvalue weighted by molar-refractivity contribution is 7.88. The summed E-state index contributed by atoms with van der Waals surface area (Å²) in [5.74, 6) is -0.955. The van der Waals surface area contributed by atoms with Crippen molar-refractivity contribution in [1.29, 1.82) is 0 Å². The highest BCUT2D eigenvalue weighted by Crippen LogP contribution is 2.14. The van der Waals surface area contributed by atoms with E-state index in [4.69, 9.17) is 4.74 Å². The number of piperazine rings is 1. The predicted molar refractivity (Wildman–Crippen MR) is 103 cm³/mol. The zero-order chi connectivity index (χ0) is 20.1. The molecule has 1 saturated heterocycles. The number of nitrogens with zero attached hydrogens (tertiary/aromatic N) is 3. The minimum absolute atomic E-state index is 0.0595. The Morgan fingerprint density at radius 1 is 1.00 bits per heavy atom. The first-order valence-corrected chi connectivity index (χ1v) is 10.6. The number of benzene rings is 1. The topological polar surface area (TPSA) is 88.9 Å². The molecule has 0 N–H and O–H groups in total. The van der Waals surface area contributed by atoms with Gasteiger partial charge in [-0.25, -0.2) is 13.2 Å². The lowest BCUT2D eigenvalue weighted by Gasteiger charge is -2.33. The molecule has 2 aromatic rings. The average molecular weight is 405 g/mol. The number of amides is 1. The zero-order valence-electron chi connectivity index (χ0n) is 15.7. The molecule has 0 saturated carbocycles. The van der Waals surface area contributed by atoms with Crippen LogP contribution in [0.3, 0.4) is 0 Å². The second-order valence-electron chi connectivity index (χ2n) is 6.60. The van der Waals surface area contributed by atoms with Gasteiger partial charge in [-0.1, -0.05) is 30.3 Å². The molecule has 0 spiro atoms. The van der Waals surface area contributed by atoms with Crippen molar-refractivity contribution in [3.05, 3.63) is 59.9 Å². The lowest BCUT2D eigenvalue weighted by molar-refractivity contribution is -0.135. The molecule has 3 rings (SSSR count). The Morgan fingerprint density at radius 3 is 2.29 bits per heavy atom. The number of aryl methyl sites for hydroxylation is 1. The number of aromatic nitrogens is 1. The van der Waals surface area contributed by atoms with Gasteiger partial charge in [0, 0.05) is 39.4 Å². The second kappa shape index (κ2) is 8.57. The van der Waals surface area contributed by atoms with Crippen LogP contribution in [-0.4, -0.2) is 66.9 Å². The van der Waals surface area contributed by atoms with Gasteiger partial charge < -0.3 is 14.2 Å². The Balaban J connectivity index is 1.48. The molecule has 0 aliphatic carbocycles. The first kappa shape index (κ1) is 20.1. The molecule has 0 bridgehead atoms. The summed E-state index contributed by atoms with van der Waals surface area (Å²) in [7, 11) is -1.72. The van der Waals surface area contributed by atoms with Crippen molar-refractivity contribution in [1.82, 2.24) is 13.8 Å². The van der Waals surface area contributed by atoms with Crippen LogP contribution in [0.2, 0.25) is 0 Å². The highest BCUT2D eigenvalue weighted by atomic mass is 32.2. The summed E-state index contributed by atoms with van der Waals surface area (Å²) in [6, 6.07) is 12.3. The average Bonchev–Trinajstić information content (AvgIpc) is 3.12. The normalized spacial score (nSPS) is 15.4. The molecule has 0 atom stereocenters. The maximum absolute atomic E-state index is 12.6. The summed E-state index contributed by atoms with van der Waals surface area (Å²) in [6.07, 6.45) is 1.72. The Morgan fingerprint density at radius 2 is 1.68 bits per heavy atom. The van der Waals surface area contributed by atoms with Crippen LogP contribution in [-0.2, 0) is 32.4 Å². The molecule has 9 heteroatoms. The molecule has 2 heterocycles. The summed E-state index contributed by atoms with van der Waals surface area (Å²) >= 11 is 0. The molecule has 150 valence electrons. The SMILES string of the molecule is Cn1cccc1C(=O)OCC(=O)N1CCN(S(=O)(=O)Cc2ccccc2)CC1. The van der Waals surface area contributed by atoms with Crippen LogP contribution in [0.4, 0.5) is 0 Å². The van der Waals surface area contributed by atoms with Crippen LogP contribution in [0.15, 0.2) is 48.7 Å². The van der Waals surface area contributed by atoms with Gasteiger partial charge in [0.25, 0.3) is 5.91 Å². The largest absolute Gasteiger partial charge is 0.451 e. The summed E-state index contributed by atoms with van der Waals surface area (Å²) in [5.41, 5.74) is 1.10. The number of carbonyl (C=O) groups is 2. The van der Waals surface area contributed by atoms with Gasteiger partial charge in [0.2, 0.25) is 10.0 Å². The van der Waals surface area contributed by atoms with Crippen molar-refractivity contribution in [2.75, 3.05) is 32.8 Å². The monoisotopic (exact) mass is 405 g/mol. The van der Waals surface area contributed by atoms with E-state index in [0.717, 1.165) is 5.56 Å². The van der Waals surface area contributed by atoms with Gasteiger partial charge in [-0.15, -0.1) is 0 Å². The molecule has 1 aromatic heterocycles. The Labute approximate surface area is 164 Å². The van der Waals surface area contributed by atoms with Crippen LogP contribution in [0.1, 0.15) is 16.1 Å². The van der Waals surface area contributed by atoms with Crippen LogP contribution >= 0.6 is 0 Å². The van der Waals surface area contributed by atoms with Crippen molar-refractivity contribution in [3.63, 3.8) is 0 Å². The molecule has 8 nitrogen and oxygen atoms in total. The fraction of sp³-hybridized carbons (Fsp3) is 0.368. The van der Waals surface area contributed by atoms with E-state index >= 15 is 0 Å². The first-order valence-electron chi connectivity index (χ1n) is 8.95. The van der Waals surface area contributed by atoms with Gasteiger partial charge >= 0.3 is 5.97 Å². The summed E-state index contributed by atoms with van der Waals surface area (Å²) in [5, 5.41) is 0.